The predicted molar refractivity (Wildman–Crippen MR) is 153 cm³/mol. The fourth-order valence-electron chi connectivity index (χ4n) is 5.29. The minimum absolute atomic E-state index is 0.133. The van der Waals surface area contributed by atoms with Gasteiger partial charge in [0.2, 0.25) is 6.79 Å². The summed E-state index contributed by atoms with van der Waals surface area (Å²) in [6.07, 6.45) is 0.939. The van der Waals surface area contributed by atoms with Crippen LogP contribution in [0.5, 0.6) is 28.7 Å². The predicted octanol–water partition coefficient (Wildman–Crippen LogP) is 5.99. The molecular weight excluding hydrogens is 522 g/mol. The number of hydrogen-bond acceptors (Lipinski definition) is 7. The number of methoxy groups -OCH3 is 2. The smallest absolute Gasteiger partial charge is 0.273 e. The highest BCUT2D eigenvalue weighted by atomic mass is 16.7. The quantitative estimate of drug-likeness (QED) is 0.257. The van der Waals surface area contributed by atoms with Crippen LogP contribution in [0.15, 0.2) is 60.7 Å². The van der Waals surface area contributed by atoms with E-state index < -0.39 is 6.04 Å². The molecule has 1 unspecified atom stereocenters. The lowest BCUT2D eigenvalue weighted by molar-refractivity contribution is 0.0729. The lowest BCUT2D eigenvalue weighted by atomic mass is 9.95. The number of nitrogens with zero attached hydrogens (tertiary/aromatic N) is 2. The first kappa shape index (κ1) is 26.6. The zero-order chi connectivity index (χ0) is 28.5. The lowest BCUT2D eigenvalue weighted by Crippen LogP contribution is -2.29. The highest BCUT2D eigenvalue weighted by Crippen LogP contribution is 2.46. The molecule has 0 aliphatic carbocycles. The Hall–Kier alpha value is -4.66. The molecule has 6 rings (SSSR count). The molecule has 2 aliphatic heterocycles. The van der Waals surface area contributed by atoms with Crippen molar-refractivity contribution in [1.82, 2.24) is 15.1 Å². The number of ether oxygens (including phenoxy) is 5. The van der Waals surface area contributed by atoms with E-state index in [9.17, 15) is 4.79 Å². The highest BCUT2D eigenvalue weighted by Gasteiger charge is 2.42. The molecular formula is C32H33N3O6. The van der Waals surface area contributed by atoms with Crippen LogP contribution in [0.2, 0.25) is 0 Å². The maximum Gasteiger partial charge on any atom is 0.273 e. The molecule has 9 heteroatoms. The fraction of sp³-hybridized carbons (Fsp3) is 0.312. The van der Waals surface area contributed by atoms with Gasteiger partial charge in [-0.1, -0.05) is 26.0 Å². The Kier molecular flexibility index (Phi) is 7.17. The van der Waals surface area contributed by atoms with Gasteiger partial charge in [0.25, 0.3) is 5.91 Å². The average molecular weight is 556 g/mol. The molecule has 212 valence electrons. The third kappa shape index (κ3) is 5.03. The zero-order valence-electron chi connectivity index (χ0n) is 23.6. The number of nitrogens with one attached hydrogen (secondary N) is 1. The van der Waals surface area contributed by atoms with Gasteiger partial charge in [0.1, 0.15) is 11.4 Å². The maximum atomic E-state index is 13.9. The molecule has 0 saturated carbocycles. The van der Waals surface area contributed by atoms with Crippen molar-refractivity contribution in [3.63, 3.8) is 0 Å². The van der Waals surface area contributed by atoms with Gasteiger partial charge >= 0.3 is 0 Å². The molecule has 0 saturated heterocycles. The summed E-state index contributed by atoms with van der Waals surface area (Å²) in [6.45, 7) is 5.48. The fourth-order valence-corrected chi connectivity index (χ4v) is 5.29. The molecule has 0 radical (unpaired) electrons. The van der Waals surface area contributed by atoms with Gasteiger partial charge in [0.05, 0.1) is 32.6 Å². The molecule has 1 aromatic heterocycles. The van der Waals surface area contributed by atoms with Crippen LogP contribution in [0.4, 0.5) is 0 Å². The number of fused-ring (bicyclic) bond motifs is 2. The van der Waals surface area contributed by atoms with Crippen LogP contribution in [-0.4, -0.2) is 48.6 Å². The summed E-state index contributed by atoms with van der Waals surface area (Å²) >= 11 is 0. The number of carbonyl (C=O) groups is 1. The summed E-state index contributed by atoms with van der Waals surface area (Å²) in [5.41, 5.74) is 4.70. The van der Waals surface area contributed by atoms with E-state index in [0.717, 1.165) is 34.4 Å². The van der Waals surface area contributed by atoms with Gasteiger partial charge in [-0.2, -0.15) is 5.10 Å². The van der Waals surface area contributed by atoms with Crippen molar-refractivity contribution in [3.8, 4) is 40.0 Å². The van der Waals surface area contributed by atoms with Crippen molar-refractivity contribution < 1.29 is 28.5 Å². The van der Waals surface area contributed by atoms with E-state index in [-0.39, 0.29) is 12.7 Å². The molecule has 2 aliphatic rings. The van der Waals surface area contributed by atoms with Gasteiger partial charge in [0, 0.05) is 17.7 Å². The number of aromatic nitrogens is 2. The second-order valence-corrected chi connectivity index (χ2v) is 10.6. The number of aromatic amines is 1. The summed E-state index contributed by atoms with van der Waals surface area (Å²) < 4.78 is 28.2. The van der Waals surface area contributed by atoms with Crippen molar-refractivity contribution in [1.29, 1.82) is 0 Å². The number of hydrogen-bond donors (Lipinski definition) is 1. The first-order chi connectivity index (χ1) is 20.0. The van der Waals surface area contributed by atoms with Gasteiger partial charge < -0.3 is 28.6 Å². The average Bonchev–Trinajstić information content (AvgIpc) is 3.69. The largest absolute Gasteiger partial charge is 0.497 e. The summed E-state index contributed by atoms with van der Waals surface area (Å²) in [5, 5.41) is 7.62. The van der Waals surface area contributed by atoms with Gasteiger partial charge in [0.15, 0.2) is 23.0 Å². The highest BCUT2D eigenvalue weighted by molar-refractivity contribution is 6.00. The van der Waals surface area contributed by atoms with Crippen molar-refractivity contribution >= 4 is 5.91 Å². The van der Waals surface area contributed by atoms with Crippen molar-refractivity contribution in [2.45, 2.75) is 32.9 Å². The number of benzene rings is 3. The van der Waals surface area contributed by atoms with Crippen LogP contribution >= 0.6 is 0 Å². The molecule has 0 fully saturated rings. The summed E-state index contributed by atoms with van der Waals surface area (Å²) in [5.74, 6) is 3.81. The minimum atomic E-state index is -0.419. The molecule has 1 atom stereocenters. The molecule has 1 amide bonds. The number of H-pyrrole nitrogens is 1. The first-order valence-electron chi connectivity index (χ1n) is 13.7. The van der Waals surface area contributed by atoms with Crippen LogP contribution in [-0.2, 0) is 6.54 Å². The zero-order valence-corrected chi connectivity index (χ0v) is 23.6. The van der Waals surface area contributed by atoms with Crippen LogP contribution in [0.25, 0.3) is 11.3 Å². The van der Waals surface area contributed by atoms with E-state index in [1.165, 1.54) is 0 Å². The van der Waals surface area contributed by atoms with Crippen molar-refractivity contribution in [3.05, 3.63) is 83.0 Å². The normalized spacial score (nSPS) is 15.4. The Morgan fingerprint density at radius 3 is 2.54 bits per heavy atom. The maximum absolute atomic E-state index is 13.9. The summed E-state index contributed by atoms with van der Waals surface area (Å²) in [6, 6.07) is 18.9. The van der Waals surface area contributed by atoms with Crippen LogP contribution in [0, 0.1) is 5.92 Å². The van der Waals surface area contributed by atoms with Crippen LogP contribution in [0.3, 0.4) is 0 Å². The van der Waals surface area contributed by atoms with E-state index >= 15 is 0 Å². The van der Waals surface area contributed by atoms with Gasteiger partial charge in [-0.3, -0.25) is 9.89 Å². The van der Waals surface area contributed by atoms with Gasteiger partial charge in [-0.15, -0.1) is 0 Å². The van der Waals surface area contributed by atoms with Crippen molar-refractivity contribution in [2.75, 3.05) is 27.6 Å². The van der Waals surface area contributed by atoms with E-state index in [4.69, 9.17) is 23.7 Å². The molecule has 9 nitrogen and oxygen atoms in total. The van der Waals surface area contributed by atoms with E-state index in [1.807, 2.05) is 65.6 Å². The number of rotatable bonds is 10. The second kappa shape index (κ2) is 11.1. The van der Waals surface area contributed by atoms with Crippen LogP contribution < -0.4 is 23.7 Å². The second-order valence-electron chi connectivity index (χ2n) is 10.6. The lowest BCUT2D eigenvalue weighted by Gasteiger charge is -2.27. The summed E-state index contributed by atoms with van der Waals surface area (Å²) in [4.78, 5) is 15.8. The Morgan fingerprint density at radius 2 is 1.78 bits per heavy atom. The number of carbonyl (C=O) groups excluding carboxylic acids is 1. The third-order valence-corrected chi connectivity index (χ3v) is 7.47. The van der Waals surface area contributed by atoms with Crippen molar-refractivity contribution in [2.24, 2.45) is 5.92 Å². The SMILES string of the molecule is COc1ccc(-c2n[nH]c3c2C(c2ccc(OCCC(C)C)c(OC)c2)N(Cc2ccc4c(c2)OCO4)C3=O)cc1. The third-order valence-electron chi connectivity index (χ3n) is 7.47. The van der Waals surface area contributed by atoms with Crippen LogP contribution in [0.1, 0.15) is 53.5 Å². The molecule has 1 N–H and O–H groups in total. The Morgan fingerprint density at radius 1 is 0.976 bits per heavy atom. The molecule has 41 heavy (non-hydrogen) atoms. The molecule has 0 spiro atoms. The van der Waals surface area contributed by atoms with E-state index in [2.05, 4.69) is 24.0 Å². The first-order valence-corrected chi connectivity index (χ1v) is 13.7. The molecule has 4 aromatic rings. The minimum Gasteiger partial charge on any atom is -0.497 e. The standard InChI is InChI=1S/C32H33N3O6/c1-19(2)13-14-39-24-12-8-22(16-26(24)38-4)31-28-29(21-6-9-23(37-3)10-7-21)33-34-30(28)32(36)35(31)17-20-5-11-25-27(15-20)41-18-40-25/h5-12,15-16,19,31H,13-14,17-18H2,1-4H3,(H,33,34). The summed E-state index contributed by atoms with van der Waals surface area (Å²) in [7, 11) is 3.26. The molecule has 0 bridgehead atoms. The Labute approximate surface area is 238 Å². The molecule has 3 heterocycles. The van der Waals surface area contributed by atoms with E-state index in [1.54, 1.807) is 14.2 Å². The Balaban J connectivity index is 1.41. The Bertz CT molecular complexity index is 1560. The number of amides is 1. The molecule has 3 aromatic carbocycles. The van der Waals surface area contributed by atoms with Gasteiger partial charge in [-0.25, -0.2) is 0 Å². The van der Waals surface area contributed by atoms with E-state index in [0.29, 0.717) is 53.5 Å². The topological polar surface area (TPSA) is 95.1 Å². The van der Waals surface area contributed by atoms with Gasteiger partial charge in [-0.05, 0) is 72.0 Å². The monoisotopic (exact) mass is 555 g/mol.